The Hall–Kier alpha value is -4.72. The molecule has 0 spiro atoms. The molecule has 0 aliphatic heterocycles. The van der Waals surface area contributed by atoms with Crippen molar-refractivity contribution in [2.75, 3.05) is 10.6 Å². The van der Waals surface area contributed by atoms with Crippen LogP contribution in [-0.4, -0.2) is 16.8 Å². The number of fused-ring (bicyclic) bond motifs is 2. The number of nitrogens with zero attached hydrogens (tertiary/aromatic N) is 1. The fraction of sp³-hybridized carbons (Fsp3) is 0.0400. The molecule has 0 unspecified atom stereocenters. The van der Waals surface area contributed by atoms with Gasteiger partial charge in [-0.15, -0.1) is 0 Å². The van der Waals surface area contributed by atoms with Crippen LogP contribution in [0.2, 0.25) is 0 Å². The van der Waals surface area contributed by atoms with E-state index in [0.717, 1.165) is 5.39 Å². The van der Waals surface area contributed by atoms with E-state index in [2.05, 4.69) is 15.6 Å². The van der Waals surface area contributed by atoms with Gasteiger partial charge in [0.2, 0.25) is 5.91 Å². The molecule has 0 atom stereocenters. The zero-order valence-electron chi connectivity index (χ0n) is 17.4. The molecule has 2 N–H and O–H groups in total. The Kier molecular flexibility index (Phi) is 4.95. The highest BCUT2D eigenvalue weighted by atomic mass is 16.4. The van der Waals surface area contributed by atoms with Gasteiger partial charge in [-0.3, -0.25) is 14.9 Å². The number of oxazole rings is 1. The minimum Gasteiger partial charge on any atom is -0.423 e. The Bertz CT molecular complexity index is 1580. The van der Waals surface area contributed by atoms with Crippen molar-refractivity contribution in [3.8, 4) is 11.1 Å². The van der Waals surface area contributed by atoms with Crippen molar-refractivity contribution in [3.05, 3.63) is 88.8 Å². The number of nitrogens with one attached hydrogen (secondary N) is 2. The zero-order chi connectivity index (χ0) is 22.9. The van der Waals surface area contributed by atoms with Gasteiger partial charge < -0.3 is 14.2 Å². The number of anilines is 2. The number of aromatic nitrogens is 1. The first-order chi connectivity index (χ1) is 16.0. The molecule has 2 aromatic heterocycles. The standard InChI is InChI=1S/C25H17N3O5/c1-14(29)26-18-10-11-20-22(13-18)33-25(27-20)28-23(30)16-8-6-15(7-9-16)19-12-17-4-2-3-5-21(17)32-24(19)31/h2-13H,1H3,(H,26,29)(H,27,28,30). The molecule has 33 heavy (non-hydrogen) atoms. The second-order valence-electron chi connectivity index (χ2n) is 7.40. The summed E-state index contributed by atoms with van der Waals surface area (Å²) in [6.07, 6.45) is 0. The molecule has 8 nitrogen and oxygen atoms in total. The number of amides is 2. The Balaban J connectivity index is 1.36. The van der Waals surface area contributed by atoms with Gasteiger partial charge in [-0.05, 0) is 42.0 Å². The van der Waals surface area contributed by atoms with Crippen molar-refractivity contribution in [1.29, 1.82) is 0 Å². The van der Waals surface area contributed by atoms with Gasteiger partial charge in [-0.1, -0.05) is 30.3 Å². The van der Waals surface area contributed by atoms with Gasteiger partial charge in [0, 0.05) is 29.6 Å². The number of hydrogen-bond acceptors (Lipinski definition) is 6. The van der Waals surface area contributed by atoms with Crippen LogP contribution in [0.4, 0.5) is 11.7 Å². The number of benzene rings is 3. The van der Waals surface area contributed by atoms with Crippen LogP contribution in [0.25, 0.3) is 33.2 Å². The minimum absolute atomic E-state index is 0.0363. The van der Waals surface area contributed by atoms with Crippen molar-refractivity contribution in [1.82, 2.24) is 4.98 Å². The monoisotopic (exact) mass is 439 g/mol. The maximum absolute atomic E-state index is 12.6. The Morgan fingerprint density at radius 3 is 2.42 bits per heavy atom. The van der Waals surface area contributed by atoms with Crippen LogP contribution in [-0.2, 0) is 4.79 Å². The summed E-state index contributed by atoms with van der Waals surface area (Å²) in [6.45, 7) is 1.41. The highest BCUT2D eigenvalue weighted by Gasteiger charge is 2.13. The van der Waals surface area contributed by atoms with Gasteiger partial charge in [0.05, 0.1) is 5.56 Å². The van der Waals surface area contributed by atoms with Crippen LogP contribution < -0.4 is 16.3 Å². The molecule has 5 rings (SSSR count). The Morgan fingerprint density at radius 2 is 1.64 bits per heavy atom. The summed E-state index contributed by atoms with van der Waals surface area (Å²) in [5, 5.41) is 6.09. The fourth-order valence-corrected chi connectivity index (χ4v) is 3.49. The fourth-order valence-electron chi connectivity index (χ4n) is 3.49. The van der Waals surface area contributed by atoms with Crippen molar-refractivity contribution >= 4 is 45.6 Å². The van der Waals surface area contributed by atoms with Crippen LogP contribution in [0, 0.1) is 0 Å². The molecule has 0 aliphatic carbocycles. The van der Waals surface area contributed by atoms with Gasteiger partial charge in [-0.2, -0.15) is 4.98 Å². The van der Waals surface area contributed by atoms with Crippen LogP contribution in [0.5, 0.6) is 0 Å². The molecule has 162 valence electrons. The second kappa shape index (κ2) is 8.08. The van der Waals surface area contributed by atoms with E-state index in [9.17, 15) is 14.4 Å². The van der Waals surface area contributed by atoms with Crippen molar-refractivity contribution < 1.29 is 18.4 Å². The summed E-state index contributed by atoms with van der Waals surface area (Å²) < 4.78 is 11.0. The summed E-state index contributed by atoms with van der Waals surface area (Å²) in [4.78, 5) is 40.5. The average Bonchev–Trinajstić information content (AvgIpc) is 3.19. The number of rotatable bonds is 4. The SMILES string of the molecule is CC(=O)Nc1ccc2nc(NC(=O)c3ccc(-c4cc5ccccc5oc4=O)cc3)oc2c1. The third-order valence-electron chi connectivity index (χ3n) is 5.03. The first-order valence-electron chi connectivity index (χ1n) is 10.1. The summed E-state index contributed by atoms with van der Waals surface area (Å²) in [5.74, 6) is -0.618. The van der Waals surface area contributed by atoms with Gasteiger partial charge in [-0.25, -0.2) is 4.79 Å². The normalized spacial score (nSPS) is 10.9. The molecule has 5 aromatic rings. The van der Waals surface area contributed by atoms with E-state index < -0.39 is 11.5 Å². The first kappa shape index (κ1) is 20.2. The third kappa shape index (κ3) is 4.09. The largest absolute Gasteiger partial charge is 0.423 e. The lowest BCUT2D eigenvalue weighted by atomic mass is 10.0. The Labute approximate surface area is 186 Å². The Morgan fingerprint density at radius 1 is 0.848 bits per heavy atom. The lowest BCUT2D eigenvalue weighted by molar-refractivity contribution is -0.114. The lowest BCUT2D eigenvalue weighted by Crippen LogP contribution is -2.12. The van der Waals surface area contributed by atoms with E-state index in [1.807, 2.05) is 12.1 Å². The smallest absolute Gasteiger partial charge is 0.344 e. The predicted molar refractivity (Wildman–Crippen MR) is 124 cm³/mol. The third-order valence-corrected chi connectivity index (χ3v) is 5.03. The molecule has 3 aromatic carbocycles. The minimum atomic E-state index is -0.448. The molecule has 0 aliphatic rings. The maximum atomic E-state index is 12.6. The van der Waals surface area contributed by atoms with Crippen LogP contribution >= 0.6 is 0 Å². The molecular weight excluding hydrogens is 422 g/mol. The van der Waals surface area contributed by atoms with Crippen molar-refractivity contribution in [2.45, 2.75) is 6.92 Å². The van der Waals surface area contributed by atoms with Crippen LogP contribution in [0.3, 0.4) is 0 Å². The number of carbonyl (C=O) groups is 2. The lowest BCUT2D eigenvalue weighted by Gasteiger charge is -2.05. The second-order valence-corrected chi connectivity index (χ2v) is 7.40. The van der Waals surface area contributed by atoms with E-state index >= 15 is 0 Å². The molecule has 0 bridgehead atoms. The highest BCUT2D eigenvalue weighted by molar-refractivity contribution is 6.04. The summed E-state index contributed by atoms with van der Waals surface area (Å²) in [5.41, 5.74) is 3.02. The predicted octanol–water partition coefficient (Wildman–Crippen LogP) is 4.81. The van der Waals surface area contributed by atoms with Gasteiger partial charge >= 0.3 is 11.6 Å². The zero-order valence-corrected chi connectivity index (χ0v) is 17.4. The van der Waals surface area contributed by atoms with Gasteiger partial charge in [0.1, 0.15) is 11.1 Å². The number of hydrogen-bond donors (Lipinski definition) is 2. The van der Waals surface area contributed by atoms with Gasteiger partial charge in [0.15, 0.2) is 5.58 Å². The quantitative estimate of drug-likeness (QED) is 0.388. The van der Waals surface area contributed by atoms with E-state index in [0.29, 0.717) is 39.1 Å². The van der Waals surface area contributed by atoms with Crippen LogP contribution in [0.15, 0.2) is 86.4 Å². The van der Waals surface area contributed by atoms with Gasteiger partial charge in [0.25, 0.3) is 5.91 Å². The summed E-state index contributed by atoms with van der Waals surface area (Å²) in [7, 11) is 0. The van der Waals surface area contributed by atoms with E-state index in [1.54, 1.807) is 60.7 Å². The van der Waals surface area contributed by atoms with Crippen molar-refractivity contribution in [2.24, 2.45) is 0 Å². The highest BCUT2D eigenvalue weighted by Crippen LogP contribution is 2.24. The average molecular weight is 439 g/mol. The number of para-hydroxylation sites is 1. The molecule has 0 fully saturated rings. The molecule has 0 radical (unpaired) electrons. The summed E-state index contributed by atoms with van der Waals surface area (Å²) in [6, 6.07) is 20.7. The van der Waals surface area contributed by atoms with E-state index in [1.165, 1.54) is 6.92 Å². The maximum Gasteiger partial charge on any atom is 0.344 e. The molecule has 8 heteroatoms. The van der Waals surface area contributed by atoms with Crippen molar-refractivity contribution in [3.63, 3.8) is 0 Å². The van der Waals surface area contributed by atoms with E-state index in [-0.39, 0.29) is 11.9 Å². The topological polar surface area (TPSA) is 114 Å². The van der Waals surface area contributed by atoms with E-state index in [4.69, 9.17) is 8.83 Å². The number of carbonyl (C=O) groups excluding carboxylic acids is 2. The molecule has 2 amide bonds. The molecule has 0 saturated carbocycles. The molecule has 2 heterocycles. The molecule has 0 saturated heterocycles. The summed E-state index contributed by atoms with van der Waals surface area (Å²) >= 11 is 0. The molecular formula is C25H17N3O5. The first-order valence-corrected chi connectivity index (χ1v) is 10.1. The van der Waals surface area contributed by atoms with Crippen LogP contribution in [0.1, 0.15) is 17.3 Å².